The van der Waals surface area contributed by atoms with Crippen molar-refractivity contribution in [3.63, 3.8) is 0 Å². The largest absolute Gasteiger partial charge is 0.494 e. The van der Waals surface area contributed by atoms with Crippen LogP contribution in [0.5, 0.6) is 5.75 Å². The fourth-order valence-electron chi connectivity index (χ4n) is 5.51. The summed E-state index contributed by atoms with van der Waals surface area (Å²) in [6.07, 6.45) is 11.3. The Balaban J connectivity index is 1.36. The van der Waals surface area contributed by atoms with E-state index in [1.165, 1.54) is 6.20 Å². The van der Waals surface area contributed by atoms with Gasteiger partial charge in [0.2, 0.25) is 16.0 Å². The van der Waals surface area contributed by atoms with Crippen LogP contribution in [0.3, 0.4) is 0 Å². The Hall–Kier alpha value is -4.54. The number of nitrogens with one attached hydrogen (secondary N) is 3. The summed E-state index contributed by atoms with van der Waals surface area (Å²) in [4.78, 5) is 20.2. The molecule has 5 aromatic rings. The molecule has 3 N–H and O–H groups in total. The highest BCUT2D eigenvalue weighted by atomic mass is 79.9. The van der Waals surface area contributed by atoms with E-state index in [1.54, 1.807) is 43.4 Å². The maximum atomic E-state index is 12.3. The van der Waals surface area contributed by atoms with Crippen molar-refractivity contribution in [2.24, 2.45) is 7.05 Å². The van der Waals surface area contributed by atoms with Gasteiger partial charge >= 0.3 is 0 Å². The Morgan fingerprint density at radius 1 is 1.00 bits per heavy atom. The number of halogens is 1. The maximum absolute atomic E-state index is 12.3. The summed E-state index contributed by atoms with van der Waals surface area (Å²) in [7, 11) is 1.65. The zero-order valence-electron chi connectivity index (χ0n) is 26.6. The number of fused-ring (bicyclic) bond motifs is 1. The molecule has 14 nitrogen and oxygen atoms in total. The van der Waals surface area contributed by atoms with Crippen molar-refractivity contribution in [2.45, 2.75) is 25.4 Å². The van der Waals surface area contributed by atoms with E-state index in [9.17, 15) is 8.42 Å². The van der Waals surface area contributed by atoms with Crippen molar-refractivity contribution in [3.05, 3.63) is 59.7 Å². The third kappa shape index (κ3) is 7.08. The highest BCUT2D eigenvalue weighted by Crippen LogP contribution is 2.42. The number of methoxy groups -OCH3 is 2. The first-order valence-corrected chi connectivity index (χ1v) is 17.4. The summed E-state index contributed by atoms with van der Waals surface area (Å²) in [5.41, 5.74) is 5.07. The lowest BCUT2D eigenvalue weighted by molar-refractivity contribution is -0.0132. The topological polar surface area (TPSA) is 161 Å². The van der Waals surface area contributed by atoms with Crippen molar-refractivity contribution in [1.29, 1.82) is 0 Å². The van der Waals surface area contributed by atoms with Crippen LogP contribution >= 0.6 is 15.9 Å². The van der Waals surface area contributed by atoms with E-state index in [2.05, 4.69) is 63.2 Å². The van der Waals surface area contributed by atoms with Crippen LogP contribution in [0.25, 0.3) is 22.2 Å². The Bertz CT molecular complexity index is 2050. The fraction of sp³-hybridized carbons (Fsp3) is 0.323. The first kappa shape index (κ1) is 32.4. The third-order valence-electron chi connectivity index (χ3n) is 8.16. The molecule has 0 atom stereocenters. The Morgan fingerprint density at radius 3 is 2.45 bits per heavy atom. The van der Waals surface area contributed by atoms with Gasteiger partial charge in [-0.05, 0) is 53.9 Å². The second kappa shape index (κ2) is 12.9. The molecule has 6 rings (SSSR count). The smallest absolute Gasteiger partial charge is 0.229 e. The normalized spacial score (nSPS) is 14.6. The van der Waals surface area contributed by atoms with E-state index in [1.807, 2.05) is 31.6 Å². The SMILES string of the molecule is COc1cc(N2CCC(C)(OC)CC2)c(-c2cnn(C)c2)cc1Nc1ncc(Br)c(Nc2ccc3nccnc3c2NS(C)(=O)=O)n1. The van der Waals surface area contributed by atoms with E-state index in [0.717, 1.165) is 49.0 Å². The average molecular weight is 724 g/mol. The summed E-state index contributed by atoms with van der Waals surface area (Å²) in [5.74, 6) is 1.28. The molecule has 0 unspecified atom stereocenters. The van der Waals surface area contributed by atoms with Crippen LogP contribution in [-0.4, -0.2) is 77.3 Å². The predicted octanol–water partition coefficient (Wildman–Crippen LogP) is 5.46. The summed E-state index contributed by atoms with van der Waals surface area (Å²) in [6, 6.07) is 7.50. The number of sulfonamides is 1. The minimum atomic E-state index is -3.64. The predicted molar refractivity (Wildman–Crippen MR) is 186 cm³/mol. The van der Waals surface area contributed by atoms with Gasteiger partial charge in [0.1, 0.15) is 17.1 Å². The number of aryl methyl sites for hydroxylation is 1. The highest BCUT2D eigenvalue weighted by molar-refractivity contribution is 9.10. The molecule has 1 aliphatic rings. The van der Waals surface area contributed by atoms with Gasteiger partial charge in [-0.15, -0.1) is 0 Å². The molecular formula is C31H35BrN10O4S. The van der Waals surface area contributed by atoms with Crippen LogP contribution in [-0.2, 0) is 21.8 Å². The number of rotatable bonds is 10. The number of ether oxygens (including phenoxy) is 2. The monoisotopic (exact) mass is 722 g/mol. The molecule has 0 bridgehead atoms. The number of hydrogen-bond acceptors (Lipinski definition) is 12. The van der Waals surface area contributed by atoms with E-state index in [-0.39, 0.29) is 17.2 Å². The third-order valence-corrected chi connectivity index (χ3v) is 9.32. The fourth-order valence-corrected chi connectivity index (χ4v) is 6.37. The van der Waals surface area contributed by atoms with Gasteiger partial charge in [-0.2, -0.15) is 10.1 Å². The Morgan fingerprint density at radius 2 is 1.77 bits per heavy atom. The Kier molecular flexibility index (Phi) is 8.91. The van der Waals surface area contributed by atoms with Gasteiger partial charge in [0.15, 0.2) is 0 Å². The molecule has 1 aliphatic heterocycles. The van der Waals surface area contributed by atoms with Gasteiger partial charge in [-0.3, -0.25) is 19.4 Å². The molecule has 1 saturated heterocycles. The summed E-state index contributed by atoms with van der Waals surface area (Å²) in [5, 5.41) is 11.0. The first-order chi connectivity index (χ1) is 22.4. The minimum Gasteiger partial charge on any atom is -0.494 e. The minimum absolute atomic E-state index is 0.150. The molecule has 246 valence electrons. The van der Waals surface area contributed by atoms with Crippen LogP contribution in [0.15, 0.2) is 59.7 Å². The quantitative estimate of drug-likeness (QED) is 0.167. The zero-order valence-corrected chi connectivity index (χ0v) is 29.0. The van der Waals surface area contributed by atoms with Gasteiger partial charge in [-0.25, -0.2) is 13.4 Å². The summed E-state index contributed by atoms with van der Waals surface area (Å²) >= 11 is 3.52. The molecule has 47 heavy (non-hydrogen) atoms. The number of nitrogens with zero attached hydrogens (tertiary/aromatic N) is 7. The number of hydrogen-bond donors (Lipinski definition) is 3. The lowest BCUT2D eigenvalue weighted by atomic mass is 9.92. The van der Waals surface area contributed by atoms with Crippen molar-refractivity contribution in [3.8, 4) is 16.9 Å². The summed E-state index contributed by atoms with van der Waals surface area (Å²) in [6.45, 7) is 3.81. The van der Waals surface area contributed by atoms with E-state index in [4.69, 9.17) is 14.5 Å². The standard InChI is InChI=1S/C31H35BrN10O4S/c1-31(46-4)8-12-42(13-9-31)25-15-26(45-3)24(14-20(25)19-16-36-41(2)18-19)38-30-35-17-21(32)29(39-30)37-23-7-6-22-27(34-11-10-33-22)28(23)40-47(5,43)44/h6-7,10-11,14-18,40H,8-9,12-13H2,1-5H3,(H2,35,37,38,39). The molecule has 1 fully saturated rings. The summed E-state index contributed by atoms with van der Waals surface area (Å²) < 4.78 is 41.1. The van der Waals surface area contributed by atoms with Crippen molar-refractivity contribution >= 4 is 71.5 Å². The van der Waals surface area contributed by atoms with Gasteiger partial charge in [-0.1, -0.05) is 0 Å². The number of piperidine rings is 1. The van der Waals surface area contributed by atoms with Crippen molar-refractivity contribution in [2.75, 3.05) is 53.8 Å². The highest BCUT2D eigenvalue weighted by Gasteiger charge is 2.31. The molecule has 0 saturated carbocycles. The molecule has 0 amide bonds. The molecule has 16 heteroatoms. The molecule has 0 aliphatic carbocycles. The number of anilines is 6. The molecule has 2 aromatic carbocycles. The first-order valence-electron chi connectivity index (χ1n) is 14.7. The van der Waals surface area contributed by atoms with Gasteiger partial charge in [0.25, 0.3) is 0 Å². The van der Waals surface area contributed by atoms with E-state index >= 15 is 0 Å². The second-order valence-electron chi connectivity index (χ2n) is 11.5. The van der Waals surface area contributed by atoms with Crippen LogP contribution in [0.1, 0.15) is 19.8 Å². The average Bonchev–Trinajstić information content (AvgIpc) is 3.49. The van der Waals surface area contributed by atoms with Crippen molar-refractivity contribution < 1.29 is 17.9 Å². The molecule has 0 spiro atoms. The molecule has 4 heterocycles. The zero-order chi connectivity index (χ0) is 33.3. The van der Waals surface area contributed by atoms with E-state index in [0.29, 0.717) is 38.4 Å². The molecular weight excluding hydrogens is 688 g/mol. The second-order valence-corrected chi connectivity index (χ2v) is 14.1. The lowest BCUT2D eigenvalue weighted by Gasteiger charge is -2.40. The van der Waals surface area contributed by atoms with Crippen LogP contribution in [0.4, 0.5) is 34.5 Å². The maximum Gasteiger partial charge on any atom is 0.229 e. The van der Waals surface area contributed by atoms with Gasteiger partial charge in [0.05, 0.1) is 52.2 Å². The molecule has 3 aromatic heterocycles. The van der Waals surface area contributed by atoms with E-state index < -0.39 is 10.0 Å². The molecule has 0 radical (unpaired) electrons. The van der Waals surface area contributed by atoms with Gasteiger partial charge in [0, 0.05) is 74.9 Å². The van der Waals surface area contributed by atoms with Crippen LogP contribution < -0.4 is 25.0 Å². The van der Waals surface area contributed by atoms with Gasteiger partial charge < -0.3 is 25.0 Å². The lowest BCUT2D eigenvalue weighted by Crippen LogP contribution is -2.43. The Labute approximate surface area is 281 Å². The number of aromatic nitrogens is 6. The van der Waals surface area contributed by atoms with Crippen LogP contribution in [0, 0.1) is 0 Å². The number of benzene rings is 2. The van der Waals surface area contributed by atoms with Crippen molar-refractivity contribution in [1.82, 2.24) is 29.7 Å². The van der Waals surface area contributed by atoms with Crippen LogP contribution in [0.2, 0.25) is 0 Å².